The molecule has 102 valence electrons. The predicted molar refractivity (Wildman–Crippen MR) is 82.6 cm³/mol. The average molecular weight is 285 g/mol. The summed E-state index contributed by atoms with van der Waals surface area (Å²) in [6.07, 6.45) is 0. The fourth-order valence-electron chi connectivity index (χ4n) is 2.08. The second-order valence-electron chi connectivity index (χ2n) is 4.91. The molecule has 0 aliphatic heterocycles. The van der Waals surface area contributed by atoms with E-state index in [1.54, 1.807) is 0 Å². The van der Waals surface area contributed by atoms with Crippen LogP contribution in [0.25, 0.3) is 0 Å². The molecule has 0 aliphatic rings. The van der Waals surface area contributed by atoms with Crippen LogP contribution >= 0.6 is 11.6 Å². The molecule has 2 aromatic carbocycles. The molecule has 1 unspecified atom stereocenters. The number of nitrogens with one attached hydrogen (secondary N) is 1. The van der Waals surface area contributed by atoms with Crippen LogP contribution in [0.3, 0.4) is 0 Å². The highest BCUT2D eigenvalue weighted by molar-refractivity contribution is 6.30. The van der Waals surface area contributed by atoms with Gasteiger partial charge in [0.15, 0.2) is 0 Å². The summed E-state index contributed by atoms with van der Waals surface area (Å²) in [6, 6.07) is 16.0. The summed E-state index contributed by atoms with van der Waals surface area (Å²) >= 11 is 5.96. The average Bonchev–Trinajstić information content (AvgIpc) is 2.46. The van der Waals surface area contributed by atoms with Crippen LogP contribution in [-0.2, 0) is 6.54 Å². The van der Waals surface area contributed by atoms with E-state index < -0.39 is 0 Å². The largest absolute Gasteiger partial charge is 0.306 e. The van der Waals surface area contributed by atoms with Gasteiger partial charge in [0, 0.05) is 17.6 Å². The number of rotatable bonds is 4. The minimum Gasteiger partial charge on any atom is -0.306 e. The molecule has 2 rings (SSSR count). The van der Waals surface area contributed by atoms with Crippen LogP contribution in [0.2, 0.25) is 5.02 Å². The van der Waals surface area contributed by atoms with Gasteiger partial charge in [-0.1, -0.05) is 29.8 Å². The van der Waals surface area contributed by atoms with Gasteiger partial charge in [-0.2, -0.15) is 5.26 Å². The quantitative estimate of drug-likeness (QED) is 0.905. The summed E-state index contributed by atoms with van der Waals surface area (Å²) in [5.74, 6) is 0. The number of halogens is 1. The second kappa shape index (κ2) is 6.56. The Morgan fingerprint density at radius 2 is 1.90 bits per heavy atom. The topological polar surface area (TPSA) is 35.8 Å². The Bertz CT molecular complexity index is 626. The SMILES string of the molecule is Cc1cc(Cl)ccc1CNC(C)c1ccc(C#N)cc1. The fraction of sp³-hybridized carbons (Fsp3) is 0.235. The van der Waals surface area contributed by atoms with Crippen molar-refractivity contribution in [2.24, 2.45) is 0 Å². The summed E-state index contributed by atoms with van der Waals surface area (Å²) in [5, 5.41) is 13.1. The van der Waals surface area contributed by atoms with Gasteiger partial charge in [0.25, 0.3) is 0 Å². The number of aryl methyl sites for hydroxylation is 1. The smallest absolute Gasteiger partial charge is 0.0991 e. The lowest BCUT2D eigenvalue weighted by Gasteiger charge is -2.15. The van der Waals surface area contributed by atoms with Crippen LogP contribution in [-0.4, -0.2) is 0 Å². The number of hydrogen-bond acceptors (Lipinski definition) is 2. The van der Waals surface area contributed by atoms with Crippen molar-refractivity contribution in [2.75, 3.05) is 0 Å². The molecule has 0 radical (unpaired) electrons. The molecule has 0 aromatic heterocycles. The van der Waals surface area contributed by atoms with Gasteiger partial charge >= 0.3 is 0 Å². The normalized spacial score (nSPS) is 11.9. The summed E-state index contributed by atoms with van der Waals surface area (Å²) < 4.78 is 0. The van der Waals surface area contributed by atoms with Gasteiger partial charge in [0.05, 0.1) is 11.6 Å². The third-order valence-electron chi connectivity index (χ3n) is 3.44. The Morgan fingerprint density at radius 3 is 2.50 bits per heavy atom. The highest BCUT2D eigenvalue weighted by atomic mass is 35.5. The lowest BCUT2D eigenvalue weighted by atomic mass is 10.0. The van der Waals surface area contributed by atoms with Crippen LogP contribution in [0.15, 0.2) is 42.5 Å². The van der Waals surface area contributed by atoms with Crippen molar-refractivity contribution >= 4 is 11.6 Å². The van der Waals surface area contributed by atoms with Crippen LogP contribution in [0.4, 0.5) is 0 Å². The lowest BCUT2D eigenvalue weighted by molar-refractivity contribution is 0.573. The molecule has 2 nitrogen and oxygen atoms in total. The van der Waals surface area contributed by atoms with Crippen LogP contribution in [0, 0.1) is 18.3 Å². The van der Waals surface area contributed by atoms with E-state index in [-0.39, 0.29) is 6.04 Å². The maximum atomic E-state index is 8.80. The molecule has 0 amide bonds. The van der Waals surface area contributed by atoms with E-state index in [2.05, 4.69) is 31.3 Å². The molecule has 2 aromatic rings. The second-order valence-corrected chi connectivity index (χ2v) is 5.34. The van der Waals surface area contributed by atoms with Gasteiger partial charge in [0.1, 0.15) is 0 Å². The third kappa shape index (κ3) is 3.60. The van der Waals surface area contributed by atoms with E-state index in [9.17, 15) is 0 Å². The first-order chi connectivity index (χ1) is 9.60. The molecule has 0 fully saturated rings. The zero-order valence-electron chi connectivity index (χ0n) is 11.7. The van der Waals surface area contributed by atoms with Crippen LogP contribution < -0.4 is 5.32 Å². The molecule has 0 saturated heterocycles. The van der Waals surface area contributed by atoms with Gasteiger partial charge in [-0.25, -0.2) is 0 Å². The monoisotopic (exact) mass is 284 g/mol. The maximum absolute atomic E-state index is 8.80. The Kier molecular flexibility index (Phi) is 4.79. The van der Waals surface area contributed by atoms with Crippen molar-refractivity contribution in [2.45, 2.75) is 26.4 Å². The minimum atomic E-state index is 0.234. The van der Waals surface area contributed by atoms with Crippen LogP contribution in [0.5, 0.6) is 0 Å². The first-order valence-corrected chi connectivity index (χ1v) is 6.96. The highest BCUT2D eigenvalue weighted by Gasteiger charge is 2.06. The summed E-state index contributed by atoms with van der Waals surface area (Å²) in [7, 11) is 0. The molecule has 1 atom stereocenters. The lowest BCUT2D eigenvalue weighted by Crippen LogP contribution is -2.18. The zero-order chi connectivity index (χ0) is 14.5. The van der Waals surface area contributed by atoms with Crippen molar-refractivity contribution in [3.63, 3.8) is 0 Å². The Labute approximate surface area is 125 Å². The maximum Gasteiger partial charge on any atom is 0.0991 e. The standard InChI is InChI=1S/C17H17ClN2/c1-12-9-17(18)8-7-16(12)11-20-13(2)15-5-3-14(10-19)4-6-15/h3-9,13,20H,11H2,1-2H3. The molecule has 0 bridgehead atoms. The summed E-state index contributed by atoms with van der Waals surface area (Å²) in [6.45, 7) is 4.98. The van der Waals surface area contributed by atoms with Gasteiger partial charge in [-0.15, -0.1) is 0 Å². The third-order valence-corrected chi connectivity index (χ3v) is 3.68. The molecular weight excluding hydrogens is 268 g/mol. The number of nitrogens with zero attached hydrogens (tertiary/aromatic N) is 1. The van der Waals surface area contributed by atoms with Crippen molar-refractivity contribution < 1.29 is 0 Å². The zero-order valence-corrected chi connectivity index (χ0v) is 12.4. The molecular formula is C17H17ClN2. The Balaban J connectivity index is 2.00. The summed E-state index contributed by atoms with van der Waals surface area (Å²) in [4.78, 5) is 0. The van der Waals surface area contributed by atoms with E-state index in [1.165, 1.54) is 16.7 Å². The fourth-order valence-corrected chi connectivity index (χ4v) is 2.31. The molecule has 1 N–H and O–H groups in total. The van der Waals surface area contributed by atoms with Crippen molar-refractivity contribution in [3.05, 3.63) is 69.7 Å². The van der Waals surface area contributed by atoms with E-state index in [0.29, 0.717) is 5.56 Å². The Morgan fingerprint density at radius 1 is 1.20 bits per heavy atom. The predicted octanol–water partition coefficient (Wildman–Crippen LogP) is 4.37. The number of nitriles is 1. The van der Waals surface area contributed by atoms with Gasteiger partial charge in [-0.05, 0) is 54.8 Å². The van der Waals surface area contributed by atoms with Gasteiger partial charge in [0.2, 0.25) is 0 Å². The van der Waals surface area contributed by atoms with Gasteiger partial charge < -0.3 is 5.32 Å². The number of hydrogen-bond donors (Lipinski definition) is 1. The molecule has 0 saturated carbocycles. The molecule has 0 heterocycles. The Hall–Kier alpha value is -1.82. The van der Waals surface area contributed by atoms with E-state index in [1.807, 2.05) is 36.4 Å². The van der Waals surface area contributed by atoms with Crippen molar-refractivity contribution in [1.82, 2.24) is 5.32 Å². The molecule has 0 spiro atoms. The van der Waals surface area contributed by atoms with Crippen molar-refractivity contribution in [3.8, 4) is 6.07 Å². The number of benzene rings is 2. The molecule has 3 heteroatoms. The summed E-state index contributed by atoms with van der Waals surface area (Å²) in [5.41, 5.74) is 4.30. The molecule has 20 heavy (non-hydrogen) atoms. The molecule has 0 aliphatic carbocycles. The van der Waals surface area contributed by atoms with Crippen molar-refractivity contribution in [1.29, 1.82) is 5.26 Å². The first kappa shape index (κ1) is 14.6. The van der Waals surface area contributed by atoms with Crippen LogP contribution in [0.1, 0.15) is 35.2 Å². The van der Waals surface area contributed by atoms with E-state index in [0.717, 1.165) is 11.6 Å². The first-order valence-electron chi connectivity index (χ1n) is 6.58. The minimum absolute atomic E-state index is 0.234. The highest BCUT2D eigenvalue weighted by Crippen LogP contribution is 2.17. The van der Waals surface area contributed by atoms with Gasteiger partial charge in [-0.3, -0.25) is 0 Å². The van der Waals surface area contributed by atoms with E-state index in [4.69, 9.17) is 16.9 Å². The van der Waals surface area contributed by atoms with E-state index >= 15 is 0 Å².